The summed E-state index contributed by atoms with van der Waals surface area (Å²) < 4.78 is 47.0. The van der Waals surface area contributed by atoms with Crippen molar-refractivity contribution in [2.75, 3.05) is 6.61 Å². The van der Waals surface area contributed by atoms with Crippen LogP contribution in [0.5, 0.6) is 0 Å². The Kier molecular flexibility index (Phi) is 4.69. The van der Waals surface area contributed by atoms with Gasteiger partial charge in [0.05, 0.1) is 18.8 Å². The fraction of sp³-hybridized carbons (Fsp3) is 0.571. The zero-order chi connectivity index (χ0) is 14.9. The molecular weight excluding hydrogens is 284 g/mol. The topological polar surface area (TPSA) is 47.6 Å². The molecule has 0 aliphatic carbocycles. The van der Waals surface area contributed by atoms with Crippen molar-refractivity contribution in [1.82, 2.24) is 4.72 Å². The lowest BCUT2D eigenvalue weighted by atomic mass is 10.0. The summed E-state index contributed by atoms with van der Waals surface area (Å²) in [6, 6.07) is 2.78. The van der Waals surface area contributed by atoms with Crippen LogP contribution in [-0.2, 0) is 16.1 Å². The van der Waals surface area contributed by atoms with Crippen LogP contribution in [-0.4, -0.2) is 22.0 Å². The normalized spacial score (nSPS) is 21.6. The second-order valence-corrected chi connectivity index (χ2v) is 7.91. The molecule has 112 valence electrons. The summed E-state index contributed by atoms with van der Waals surface area (Å²) in [4.78, 5) is 0. The molecule has 3 atom stereocenters. The molecule has 0 bridgehead atoms. The number of ether oxygens (including phenoxy) is 1. The minimum absolute atomic E-state index is 0.0205. The third-order valence-corrected chi connectivity index (χ3v) is 4.65. The first kappa shape index (κ1) is 15.7. The highest BCUT2D eigenvalue weighted by atomic mass is 32.2. The molecule has 1 heterocycles. The minimum Gasteiger partial charge on any atom is -0.598 e. The Balaban J connectivity index is 2.20. The highest BCUT2D eigenvalue weighted by Gasteiger charge is 2.35. The maximum Gasteiger partial charge on any atom is 0.136 e. The van der Waals surface area contributed by atoms with E-state index in [1.165, 1.54) is 0 Å². The van der Waals surface area contributed by atoms with E-state index in [-0.39, 0.29) is 11.7 Å². The lowest BCUT2D eigenvalue weighted by Gasteiger charge is -2.28. The van der Waals surface area contributed by atoms with Crippen molar-refractivity contribution in [2.45, 2.75) is 44.1 Å². The van der Waals surface area contributed by atoms with Crippen molar-refractivity contribution >= 4 is 11.4 Å². The van der Waals surface area contributed by atoms with E-state index in [0.29, 0.717) is 13.0 Å². The van der Waals surface area contributed by atoms with Gasteiger partial charge in [0.15, 0.2) is 0 Å². The smallest absolute Gasteiger partial charge is 0.136 e. The average Bonchev–Trinajstić information content (AvgIpc) is 3.14. The summed E-state index contributed by atoms with van der Waals surface area (Å²) in [6.07, 6.45) is 0.495. The van der Waals surface area contributed by atoms with Gasteiger partial charge in [-0.3, -0.25) is 0 Å². The zero-order valence-corrected chi connectivity index (χ0v) is 12.6. The highest BCUT2D eigenvalue weighted by molar-refractivity contribution is 7.90. The Bertz CT molecular complexity index is 475. The Morgan fingerprint density at radius 2 is 2.10 bits per heavy atom. The summed E-state index contributed by atoms with van der Waals surface area (Å²) in [5, 5.41) is 0. The fourth-order valence-corrected chi connectivity index (χ4v) is 2.63. The molecule has 0 radical (unpaired) electrons. The summed E-state index contributed by atoms with van der Waals surface area (Å²) in [5.74, 6) is -1.01. The molecule has 3 unspecified atom stereocenters. The van der Waals surface area contributed by atoms with Gasteiger partial charge in [0.25, 0.3) is 0 Å². The van der Waals surface area contributed by atoms with Crippen LogP contribution in [0.2, 0.25) is 0 Å². The highest BCUT2D eigenvalue weighted by Crippen LogP contribution is 2.30. The number of rotatable bonds is 5. The largest absolute Gasteiger partial charge is 0.598 e. The predicted molar refractivity (Wildman–Crippen MR) is 74.5 cm³/mol. The van der Waals surface area contributed by atoms with E-state index >= 15 is 0 Å². The summed E-state index contributed by atoms with van der Waals surface area (Å²) in [6.45, 7) is 6.07. The van der Waals surface area contributed by atoms with Gasteiger partial charge in [-0.2, -0.15) is 0 Å². The van der Waals surface area contributed by atoms with E-state index < -0.39 is 33.8 Å². The third kappa shape index (κ3) is 4.15. The number of halogens is 2. The van der Waals surface area contributed by atoms with Gasteiger partial charge < -0.3 is 9.29 Å². The maximum absolute atomic E-state index is 13.9. The lowest BCUT2D eigenvalue weighted by Crippen LogP contribution is -2.41. The summed E-state index contributed by atoms with van der Waals surface area (Å²) >= 11 is -1.37. The Morgan fingerprint density at radius 3 is 2.65 bits per heavy atom. The molecule has 1 saturated heterocycles. The Labute approximate surface area is 121 Å². The molecule has 3 nitrogen and oxygen atoms in total. The van der Waals surface area contributed by atoms with Crippen molar-refractivity contribution in [3.8, 4) is 0 Å². The molecule has 0 saturated carbocycles. The molecule has 1 aromatic rings. The van der Waals surface area contributed by atoms with Gasteiger partial charge in [0.2, 0.25) is 0 Å². The number of hydrogen-bond acceptors (Lipinski definition) is 3. The van der Waals surface area contributed by atoms with Crippen LogP contribution in [0, 0.1) is 11.6 Å². The zero-order valence-electron chi connectivity index (χ0n) is 11.8. The van der Waals surface area contributed by atoms with Gasteiger partial charge in [-0.25, -0.2) is 8.78 Å². The quantitative estimate of drug-likeness (QED) is 0.672. The van der Waals surface area contributed by atoms with Gasteiger partial charge in [0.1, 0.15) is 16.4 Å². The van der Waals surface area contributed by atoms with Gasteiger partial charge in [-0.15, -0.1) is 4.72 Å². The van der Waals surface area contributed by atoms with E-state index in [1.807, 2.05) is 20.8 Å². The van der Waals surface area contributed by atoms with E-state index in [9.17, 15) is 13.3 Å². The van der Waals surface area contributed by atoms with Crippen molar-refractivity contribution in [2.24, 2.45) is 0 Å². The van der Waals surface area contributed by atoms with E-state index in [4.69, 9.17) is 4.74 Å². The van der Waals surface area contributed by atoms with Crippen molar-refractivity contribution in [3.05, 3.63) is 35.4 Å². The van der Waals surface area contributed by atoms with Crippen molar-refractivity contribution in [3.63, 3.8) is 0 Å². The number of benzene rings is 1. The third-order valence-electron chi connectivity index (χ3n) is 3.04. The Morgan fingerprint density at radius 1 is 1.45 bits per heavy atom. The van der Waals surface area contributed by atoms with Crippen molar-refractivity contribution in [1.29, 1.82) is 0 Å². The summed E-state index contributed by atoms with van der Waals surface area (Å²) in [5.41, 5.74) is 0.193. The second kappa shape index (κ2) is 5.97. The number of epoxide rings is 1. The lowest BCUT2D eigenvalue weighted by molar-refractivity contribution is 0.370. The Hall–Kier alpha value is -0.690. The van der Waals surface area contributed by atoms with Crippen LogP contribution in [0.3, 0.4) is 0 Å². The minimum atomic E-state index is -1.37. The van der Waals surface area contributed by atoms with Crippen LogP contribution in [0.15, 0.2) is 18.2 Å². The van der Waals surface area contributed by atoms with E-state index in [0.717, 1.165) is 18.2 Å². The number of nitrogens with one attached hydrogen (secondary N) is 1. The van der Waals surface area contributed by atoms with Crippen LogP contribution < -0.4 is 4.72 Å². The molecule has 0 spiro atoms. The van der Waals surface area contributed by atoms with Crippen LogP contribution >= 0.6 is 0 Å². The van der Waals surface area contributed by atoms with Gasteiger partial charge in [0, 0.05) is 16.9 Å². The molecule has 0 amide bonds. The summed E-state index contributed by atoms with van der Waals surface area (Å²) in [7, 11) is 0. The second-order valence-electron chi connectivity index (χ2n) is 5.91. The fourth-order valence-electron chi connectivity index (χ4n) is 1.79. The first-order chi connectivity index (χ1) is 9.27. The van der Waals surface area contributed by atoms with E-state index in [1.54, 1.807) is 0 Å². The number of hydrogen-bond donors (Lipinski definition) is 1. The molecule has 1 aliphatic heterocycles. The molecule has 2 rings (SSSR count). The van der Waals surface area contributed by atoms with E-state index in [2.05, 4.69) is 4.72 Å². The first-order valence-electron chi connectivity index (χ1n) is 6.52. The van der Waals surface area contributed by atoms with Crippen LogP contribution in [0.1, 0.15) is 38.8 Å². The molecule has 1 aromatic carbocycles. The van der Waals surface area contributed by atoms with Gasteiger partial charge in [-0.05, 0) is 45.4 Å². The molecule has 6 heteroatoms. The molecule has 1 N–H and O–H groups in total. The SMILES string of the molecule is CC(C)(C)[S+]([O-])NC(CC1CO1)c1cc(F)ccc1F. The van der Waals surface area contributed by atoms with Crippen molar-refractivity contribution < 1.29 is 18.1 Å². The molecule has 0 aromatic heterocycles. The predicted octanol–water partition coefficient (Wildman–Crippen LogP) is 2.85. The standard InChI is InChI=1S/C14H19F2NO2S/c1-14(2,3)20(18)17-13(7-10-8-19-10)11-6-9(15)4-5-12(11)16/h4-6,10,13,17H,7-8H2,1-3H3. The molecule has 1 fully saturated rings. The molecule has 20 heavy (non-hydrogen) atoms. The average molecular weight is 303 g/mol. The van der Waals surface area contributed by atoms with Gasteiger partial charge >= 0.3 is 0 Å². The molecule has 1 aliphatic rings. The van der Waals surface area contributed by atoms with Crippen LogP contribution in [0.4, 0.5) is 8.78 Å². The monoisotopic (exact) mass is 303 g/mol. The molecular formula is C14H19F2NO2S. The van der Waals surface area contributed by atoms with Crippen LogP contribution in [0.25, 0.3) is 0 Å². The first-order valence-corrected chi connectivity index (χ1v) is 7.67. The van der Waals surface area contributed by atoms with Gasteiger partial charge in [-0.1, -0.05) is 0 Å². The maximum atomic E-state index is 13.9.